The molecule has 1 fully saturated rings. The first-order chi connectivity index (χ1) is 10.1. The smallest absolute Gasteiger partial charge is 0.305 e. The zero-order valence-corrected chi connectivity index (χ0v) is 11.8. The molecule has 1 saturated carbocycles. The molecule has 1 aromatic carbocycles. The minimum Gasteiger partial charge on any atom is -0.481 e. The van der Waals surface area contributed by atoms with Gasteiger partial charge in [-0.1, -0.05) is 24.3 Å². The van der Waals surface area contributed by atoms with Crippen LogP contribution in [-0.2, 0) is 22.6 Å². The van der Waals surface area contributed by atoms with E-state index in [2.05, 4.69) is 16.7 Å². The highest BCUT2D eigenvalue weighted by Crippen LogP contribution is 2.34. The highest BCUT2D eigenvalue weighted by atomic mass is 16.4. The first kappa shape index (κ1) is 14.1. The van der Waals surface area contributed by atoms with Gasteiger partial charge in [0.05, 0.1) is 12.5 Å². The van der Waals surface area contributed by atoms with E-state index in [0.717, 1.165) is 12.8 Å². The minimum absolute atomic E-state index is 0.0136. The van der Waals surface area contributed by atoms with Gasteiger partial charge in [0.1, 0.15) is 0 Å². The van der Waals surface area contributed by atoms with E-state index in [1.807, 2.05) is 18.2 Å². The summed E-state index contributed by atoms with van der Waals surface area (Å²) in [4.78, 5) is 23.3. The highest BCUT2D eigenvalue weighted by molar-refractivity contribution is 5.83. The van der Waals surface area contributed by atoms with Crippen molar-refractivity contribution in [1.29, 1.82) is 0 Å². The predicted molar refractivity (Wildman–Crippen MR) is 77.7 cm³/mol. The van der Waals surface area contributed by atoms with Crippen LogP contribution in [0.5, 0.6) is 0 Å². The molecular formula is C16H20N2O3. The molecule has 0 bridgehead atoms. The summed E-state index contributed by atoms with van der Waals surface area (Å²) in [5.74, 6) is -0.599. The SMILES string of the molecule is O=C(O)CC(NC(=O)C1Cc2ccccc2CN1)C1CC1. The fraction of sp³-hybridized carbons (Fsp3) is 0.500. The van der Waals surface area contributed by atoms with Crippen LogP contribution < -0.4 is 10.6 Å². The summed E-state index contributed by atoms with van der Waals surface area (Å²) < 4.78 is 0. The second-order valence-corrected chi connectivity index (χ2v) is 5.96. The lowest BCUT2D eigenvalue weighted by Gasteiger charge is -2.27. The van der Waals surface area contributed by atoms with Gasteiger partial charge in [-0.05, 0) is 36.3 Å². The maximum Gasteiger partial charge on any atom is 0.305 e. The maximum absolute atomic E-state index is 12.4. The normalized spacial score (nSPS) is 22.2. The quantitative estimate of drug-likeness (QED) is 0.757. The van der Waals surface area contributed by atoms with Crippen molar-refractivity contribution in [2.75, 3.05) is 0 Å². The predicted octanol–water partition coefficient (Wildman–Crippen LogP) is 1.07. The molecule has 1 amide bonds. The summed E-state index contributed by atoms with van der Waals surface area (Å²) in [7, 11) is 0. The number of hydrogen-bond acceptors (Lipinski definition) is 3. The molecule has 1 aromatic rings. The number of aliphatic carboxylic acids is 1. The van der Waals surface area contributed by atoms with Crippen LogP contribution in [0.4, 0.5) is 0 Å². The molecule has 2 atom stereocenters. The third-order valence-corrected chi connectivity index (χ3v) is 4.31. The lowest BCUT2D eigenvalue weighted by molar-refractivity contribution is -0.138. The van der Waals surface area contributed by atoms with E-state index in [9.17, 15) is 9.59 Å². The Hall–Kier alpha value is -1.88. The number of hydrogen-bond donors (Lipinski definition) is 3. The van der Waals surface area contributed by atoms with Gasteiger partial charge >= 0.3 is 5.97 Å². The van der Waals surface area contributed by atoms with Crippen LogP contribution in [0, 0.1) is 5.92 Å². The van der Waals surface area contributed by atoms with E-state index < -0.39 is 5.97 Å². The fourth-order valence-corrected chi connectivity index (χ4v) is 2.95. The summed E-state index contributed by atoms with van der Waals surface area (Å²) in [6.45, 7) is 0.682. The third kappa shape index (κ3) is 3.42. The van der Waals surface area contributed by atoms with Crippen LogP contribution in [-0.4, -0.2) is 29.1 Å². The standard InChI is InChI=1S/C16H20N2O3/c19-15(20)8-13(10-5-6-10)18-16(21)14-7-11-3-1-2-4-12(11)9-17-14/h1-4,10,13-14,17H,5-9H2,(H,18,21)(H,19,20). The van der Waals surface area contributed by atoms with Gasteiger partial charge in [0.25, 0.3) is 0 Å². The number of fused-ring (bicyclic) bond motifs is 1. The van der Waals surface area contributed by atoms with Gasteiger partial charge in [-0.15, -0.1) is 0 Å². The Balaban J connectivity index is 1.62. The van der Waals surface area contributed by atoms with Crippen LogP contribution in [0.15, 0.2) is 24.3 Å². The molecule has 0 aromatic heterocycles. The lowest BCUT2D eigenvalue weighted by atomic mass is 9.95. The van der Waals surface area contributed by atoms with Crippen molar-refractivity contribution in [2.45, 2.75) is 44.3 Å². The maximum atomic E-state index is 12.4. The highest BCUT2D eigenvalue weighted by Gasteiger charge is 2.35. The number of benzene rings is 1. The molecule has 1 heterocycles. The van der Waals surface area contributed by atoms with E-state index in [-0.39, 0.29) is 24.4 Å². The van der Waals surface area contributed by atoms with Gasteiger partial charge in [0.2, 0.25) is 5.91 Å². The Morgan fingerprint density at radius 1 is 1.29 bits per heavy atom. The van der Waals surface area contributed by atoms with Gasteiger partial charge < -0.3 is 15.7 Å². The third-order valence-electron chi connectivity index (χ3n) is 4.31. The number of carboxylic acid groups (broad SMARTS) is 1. The molecule has 21 heavy (non-hydrogen) atoms. The molecule has 5 nitrogen and oxygen atoms in total. The van der Waals surface area contributed by atoms with Crippen LogP contribution in [0.25, 0.3) is 0 Å². The van der Waals surface area contributed by atoms with Crippen LogP contribution in [0.2, 0.25) is 0 Å². The Labute approximate surface area is 123 Å². The zero-order valence-electron chi connectivity index (χ0n) is 11.8. The average molecular weight is 288 g/mol. The summed E-state index contributed by atoms with van der Waals surface area (Å²) >= 11 is 0. The van der Waals surface area contributed by atoms with Crippen LogP contribution >= 0.6 is 0 Å². The van der Waals surface area contributed by atoms with E-state index in [1.165, 1.54) is 11.1 Å². The van der Waals surface area contributed by atoms with Gasteiger partial charge in [-0.2, -0.15) is 0 Å². The van der Waals surface area contributed by atoms with Crippen molar-refractivity contribution < 1.29 is 14.7 Å². The topological polar surface area (TPSA) is 78.4 Å². The Kier molecular flexibility index (Phi) is 3.92. The van der Waals surface area contributed by atoms with Crippen LogP contribution in [0.3, 0.4) is 0 Å². The summed E-state index contributed by atoms with van der Waals surface area (Å²) in [5, 5.41) is 15.1. The van der Waals surface area contributed by atoms with Gasteiger partial charge in [-0.25, -0.2) is 0 Å². The molecule has 0 radical (unpaired) electrons. The molecule has 5 heteroatoms. The van der Waals surface area contributed by atoms with Gasteiger partial charge in [0.15, 0.2) is 0 Å². The second-order valence-electron chi connectivity index (χ2n) is 5.96. The number of amides is 1. The Morgan fingerprint density at radius 3 is 2.67 bits per heavy atom. The van der Waals surface area contributed by atoms with E-state index in [0.29, 0.717) is 18.9 Å². The largest absolute Gasteiger partial charge is 0.481 e. The molecule has 3 N–H and O–H groups in total. The van der Waals surface area contributed by atoms with Crippen molar-refractivity contribution in [3.05, 3.63) is 35.4 Å². The molecule has 112 valence electrons. The van der Waals surface area contributed by atoms with E-state index in [1.54, 1.807) is 0 Å². The van der Waals surface area contributed by atoms with Crippen LogP contribution in [0.1, 0.15) is 30.4 Å². The van der Waals surface area contributed by atoms with Crippen molar-refractivity contribution in [3.63, 3.8) is 0 Å². The summed E-state index contributed by atoms with van der Waals surface area (Å²) in [6.07, 6.45) is 2.70. The summed E-state index contributed by atoms with van der Waals surface area (Å²) in [5.41, 5.74) is 2.42. The molecular weight excluding hydrogens is 268 g/mol. The van der Waals surface area contributed by atoms with Gasteiger partial charge in [0, 0.05) is 12.6 Å². The fourth-order valence-electron chi connectivity index (χ4n) is 2.95. The first-order valence-corrected chi connectivity index (χ1v) is 7.46. The Bertz CT molecular complexity index is 554. The number of carbonyl (C=O) groups is 2. The summed E-state index contributed by atoms with van der Waals surface area (Å²) in [6, 6.07) is 7.59. The molecule has 1 aliphatic heterocycles. The Morgan fingerprint density at radius 2 is 2.00 bits per heavy atom. The molecule has 0 spiro atoms. The van der Waals surface area contributed by atoms with E-state index >= 15 is 0 Å². The monoisotopic (exact) mass is 288 g/mol. The van der Waals surface area contributed by atoms with Crippen molar-refractivity contribution in [1.82, 2.24) is 10.6 Å². The second kappa shape index (κ2) is 5.85. The average Bonchev–Trinajstić information content (AvgIpc) is 3.30. The van der Waals surface area contributed by atoms with Crippen molar-refractivity contribution >= 4 is 11.9 Å². The molecule has 2 aliphatic rings. The number of rotatable bonds is 5. The minimum atomic E-state index is -0.853. The molecule has 0 saturated heterocycles. The number of carboxylic acids is 1. The number of carbonyl (C=O) groups excluding carboxylic acids is 1. The first-order valence-electron chi connectivity index (χ1n) is 7.46. The number of nitrogens with one attached hydrogen (secondary N) is 2. The lowest BCUT2D eigenvalue weighted by Crippen LogP contribution is -2.51. The molecule has 1 aliphatic carbocycles. The van der Waals surface area contributed by atoms with Crippen molar-refractivity contribution in [3.8, 4) is 0 Å². The molecule has 2 unspecified atom stereocenters. The molecule has 3 rings (SSSR count). The zero-order chi connectivity index (χ0) is 14.8. The van der Waals surface area contributed by atoms with Gasteiger partial charge in [-0.3, -0.25) is 9.59 Å². The van der Waals surface area contributed by atoms with Crippen molar-refractivity contribution in [2.24, 2.45) is 5.92 Å². The van der Waals surface area contributed by atoms with E-state index in [4.69, 9.17) is 5.11 Å².